The lowest BCUT2D eigenvalue weighted by molar-refractivity contribution is -0.124. The zero-order valence-corrected chi connectivity index (χ0v) is 19.1. The average Bonchev–Trinajstić information content (AvgIpc) is 2.85. The Balaban J connectivity index is 1.76. The standard InChI is InChI=1S/C24H25N5O6/c1-34-12-11-27-22(25)21(23(32)26-24(27)33)29(13-16-7-3-2-4-8-16)19(30)14-28-17-9-5-6-10-18(17)35-15-20(28)31/h2-10H,11-15,25H2,1H3,(H,26,32,33). The van der Waals surface area contributed by atoms with Gasteiger partial charge in [-0.3, -0.25) is 33.7 Å². The van der Waals surface area contributed by atoms with Crippen LogP contribution in [-0.2, 0) is 27.4 Å². The lowest BCUT2D eigenvalue weighted by atomic mass is 10.2. The number of nitrogens with zero attached hydrogens (tertiary/aromatic N) is 3. The molecule has 0 spiro atoms. The molecule has 11 heteroatoms. The van der Waals surface area contributed by atoms with Crippen molar-refractivity contribution in [3.63, 3.8) is 0 Å². The van der Waals surface area contributed by atoms with Crippen molar-refractivity contribution in [1.29, 1.82) is 0 Å². The third kappa shape index (κ3) is 4.94. The van der Waals surface area contributed by atoms with Gasteiger partial charge >= 0.3 is 5.69 Å². The third-order valence-corrected chi connectivity index (χ3v) is 5.59. The molecule has 1 aliphatic heterocycles. The number of hydrogen-bond donors (Lipinski definition) is 2. The molecule has 2 aromatic carbocycles. The molecule has 35 heavy (non-hydrogen) atoms. The maximum Gasteiger partial charge on any atom is 0.330 e. The van der Waals surface area contributed by atoms with Crippen LogP contribution in [0.15, 0.2) is 64.2 Å². The molecule has 1 aliphatic rings. The number of amides is 2. The van der Waals surface area contributed by atoms with Crippen molar-refractivity contribution in [3.05, 3.63) is 81.0 Å². The number of fused-ring (bicyclic) bond motifs is 1. The van der Waals surface area contributed by atoms with E-state index in [-0.39, 0.29) is 44.4 Å². The normalized spacial score (nSPS) is 12.7. The number of ether oxygens (including phenoxy) is 2. The molecule has 2 heterocycles. The number of nitrogens with one attached hydrogen (secondary N) is 1. The second-order valence-corrected chi connectivity index (χ2v) is 7.84. The maximum absolute atomic E-state index is 13.7. The number of benzene rings is 2. The number of para-hydroxylation sites is 2. The van der Waals surface area contributed by atoms with Gasteiger partial charge in [0.25, 0.3) is 11.5 Å². The summed E-state index contributed by atoms with van der Waals surface area (Å²) in [6.07, 6.45) is 0. The molecule has 0 atom stereocenters. The number of hydrogen-bond acceptors (Lipinski definition) is 7. The summed E-state index contributed by atoms with van der Waals surface area (Å²) >= 11 is 0. The molecule has 182 valence electrons. The molecule has 2 amide bonds. The van der Waals surface area contributed by atoms with Crippen LogP contribution >= 0.6 is 0 Å². The highest BCUT2D eigenvalue weighted by atomic mass is 16.5. The lowest BCUT2D eigenvalue weighted by Crippen LogP contribution is -2.48. The summed E-state index contributed by atoms with van der Waals surface area (Å²) in [5.74, 6) is -0.662. The Hall–Kier alpha value is -4.38. The summed E-state index contributed by atoms with van der Waals surface area (Å²) in [6, 6.07) is 15.9. The van der Waals surface area contributed by atoms with Crippen molar-refractivity contribution in [2.45, 2.75) is 13.1 Å². The second kappa shape index (κ2) is 10.3. The van der Waals surface area contributed by atoms with Crippen molar-refractivity contribution < 1.29 is 19.1 Å². The number of H-pyrrole nitrogens is 1. The van der Waals surface area contributed by atoms with Gasteiger partial charge in [0.15, 0.2) is 12.3 Å². The van der Waals surface area contributed by atoms with Crippen LogP contribution in [-0.4, -0.2) is 48.2 Å². The maximum atomic E-state index is 13.7. The SMILES string of the molecule is COCCn1c(N)c(N(Cc2ccccc2)C(=O)CN2C(=O)COc3ccccc32)c(=O)[nH]c1=O. The minimum atomic E-state index is -0.806. The van der Waals surface area contributed by atoms with E-state index >= 15 is 0 Å². The molecule has 0 fully saturated rings. The molecule has 0 bridgehead atoms. The van der Waals surface area contributed by atoms with Crippen LogP contribution in [0.2, 0.25) is 0 Å². The Kier molecular flexibility index (Phi) is 6.97. The van der Waals surface area contributed by atoms with Crippen molar-refractivity contribution in [2.75, 3.05) is 42.4 Å². The predicted octanol–water partition coefficient (Wildman–Crippen LogP) is 0.724. The fraction of sp³-hybridized carbons (Fsp3) is 0.250. The summed E-state index contributed by atoms with van der Waals surface area (Å²) < 4.78 is 11.6. The van der Waals surface area contributed by atoms with Gasteiger partial charge in [-0.15, -0.1) is 0 Å². The van der Waals surface area contributed by atoms with E-state index in [0.29, 0.717) is 11.4 Å². The molecule has 1 aromatic heterocycles. The monoisotopic (exact) mass is 479 g/mol. The molecule has 4 rings (SSSR count). The van der Waals surface area contributed by atoms with E-state index in [1.54, 1.807) is 48.5 Å². The van der Waals surface area contributed by atoms with Crippen molar-refractivity contribution in [3.8, 4) is 5.75 Å². The van der Waals surface area contributed by atoms with Gasteiger partial charge in [-0.25, -0.2) is 4.79 Å². The third-order valence-electron chi connectivity index (χ3n) is 5.59. The quantitative estimate of drug-likeness (QED) is 0.485. The van der Waals surface area contributed by atoms with Crippen LogP contribution in [0.3, 0.4) is 0 Å². The fourth-order valence-electron chi connectivity index (χ4n) is 3.85. The highest BCUT2D eigenvalue weighted by Crippen LogP contribution is 2.31. The molecule has 11 nitrogen and oxygen atoms in total. The Morgan fingerprint density at radius 3 is 2.57 bits per heavy atom. The van der Waals surface area contributed by atoms with Crippen LogP contribution in [0.1, 0.15) is 5.56 Å². The van der Waals surface area contributed by atoms with Gasteiger partial charge in [-0.1, -0.05) is 42.5 Å². The van der Waals surface area contributed by atoms with Gasteiger partial charge in [0.1, 0.15) is 18.1 Å². The van der Waals surface area contributed by atoms with Gasteiger partial charge in [0, 0.05) is 7.11 Å². The number of methoxy groups -OCH3 is 1. The van der Waals surface area contributed by atoms with E-state index in [9.17, 15) is 19.2 Å². The van der Waals surface area contributed by atoms with E-state index < -0.39 is 23.1 Å². The Morgan fingerprint density at radius 1 is 1.11 bits per heavy atom. The van der Waals surface area contributed by atoms with Crippen LogP contribution in [0.5, 0.6) is 5.75 Å². The molecule has 0 saturated heterocycles. The smallest absolute Gasteiger partial charge is 0.330 e. The Morgan fingerprint density at radius 2 is 1.83 bits per heavy atom. The van der Waals surface area contributed by atoms with E-state index in [0.717, 1.165) is 10.1 Å². The first-order chi connectivity index (χ1) is 16.9. The number of anilines is 3. The topological polar surface area (TPSA) is 140 Å². The predicted molar refractivity (Wildman–Crippen MR) is 130 cm³/mol. The molecule has 0 aliphatic carbocycles. The summed E-state index contributed by atoms with van der Waals surface area (Å²) in [6.45, 7) is -0.333. The van der Waals surface area contributed by atoms with Gasteiger partial charge in [0.2, 0.25) is 5.91 Å². The summed E-state index contributed by atoms with van der Waals surface area (Å²) in [4.78, 5) is 56.3. The number of nitrogen functional groups attached to an aromatic ring is 1. The fourth-order valence-corrected chi connectivity index (χ4v) is 3.85. The zero-order chi connectivity index (χ0) is 24.9. The van der Waals surface area contributed by atoms with Gasteiger partial charge < -0.3 is 15.2 Å². The van der Waals surface area contributed by atoms with Crippen molar-refractivity contribution in [1.82, 2.24) is 9.55 Å². The molecule has 3 aromatic rings. The number of aromatic amines is 1. The van der Waals surface area contributed by atoms with E-state index in [2.05, 4.69) is 4.98 Å². The van der Waals surface area contributed by atoms with Crippen LogP contribution in [0, 0.1) is 0 Å². The van der Waals surface area contributed by atoms with Gasteiger partial charge in [-0.05, 0) is 17.7 Å². The number of carbonyl (C=O) groups excluding carboxylic acids is 2. The molecule has 0 unspecified atom stereocenters. The van der Waals surface area contributed by atoms with Gasteiger partial charge in [0.05, 0.1) is 25.4 Å². The molecule has 3 N–H and O–H groups in total. The summed E-state index contributed by atoms with van der Waals surface area (Å²) in [5.41, 5.74) is 5.73. The number of carbonyl (C=O) groups is 2. The van der Waals surface area contributed by atoms with E-state index in [4.69, 9.17) is 15.2 Å². The van der Waals surface area contributed by atoms with Crippen LogP contribution in [0.4, 0.5) is 17.2 Å². The second-order valence-electron chi connectivity index (χ2n) is 7.84. The minimum absolute atomic E-state index is 0.00435. The minimum Gasteiger partial charge on any atom is -0.482 e. The average molecular weight is 479 g/mol. The molecular weight excluding hydrogens is 454 g/mol. The zero-order valence-electron chi connectivity index (χ0n) is 19.1. The number of nitrogens with two attached hydrogens (primary N) is 1. The number of rotatable bonds is 8. The molecular formula is C24H25N5O6. The molecule has 0 radical (unpaired) electrons. The van der Waals surface area contributed by atoms with E-state index in [1.807, 2.05) is 6.07 Å². The largest absolute Gasteiger partial charge is 0.482 e. The molecule has 0 saturated carbocycles. The van der Waals surface area contributed by atoms with Crippen LogP contribution < -0.4 is 31.5 Å². The lowest BCUT2D eigenvalue weighted by Gasteiger charge is -2.31. The first kappa shape index (κ1) is 23.8. The summed E-state index contributed by atoms with van der Waals surface area (Å²) in [5, 5.41) is 0. The first-order valence-corrected chi connectivity index (χ1v) is 10.9. The summed E-state index contributed by atoms with van der Waals surface area (Å²) in [7, 11) is 1.47. The van der Waals surface area contributed by atoms with E-state index in [1.165, 1.54) is 16.9 Å². The van der Waals surface area contributed by atoms with Crippen LogP contribution in [0.25, 0.3) is 0 Å². The van der Waals surface area contributed by atoms with Crippen molar-refractivity contribution >= 4 is 29.0 Å². The van der Waals surface area contributed by atoms with Crippen molar-refractivity contribution in [2.24, 2.45) is 0 Å². The number of aromatic nitrogens is 2. The highest BCUT2D eigenvalue weighted by molar-refractivity contribution is 6.06. The first-order valence-electron chi connectivity index (χ1n) is 10.9. The highest BCUT2D eigenvalue weighted by Gasteiger charge is 2.31. The van der Waals surface area contributed by atoms with Gasteiger partial charge in [-0.2, -0.15) is 0 Å². The Labute approximate surface area is 200 Å². The Bertz CT molecular complexity index is 1350.